The minimum atomic E-state index is -3.34. The number of aryl methyl sites for hydroxylation is 1. The molecule has 0 spiro atoms. The number of carbonyl (C=O) groups excluding carboxylic acids is 1. The van der Waals surface area contributed by atoms with Gasteiger partial charge in [0.25, 0.3) is 0 Å². The van der Waals surface area contributed by atoms with Crippen molar-refractivity contribution in [3.8, 4) is 0 Å². The Morgan fingerprint density at radius 3 is 2.52 bits per heavy atom. The van der Waals surface area contributed by atoms with E-state index in [2.05, 4.69) is 17.1 Å². The highest BCUT2D eigenvalue weighted by Crippen LogP contribution is 2.22. The normalized spacial score (nSPS) is 20.6. The average Bonchev–Trinajstić information content (AvgIpc) is 3.22. The summed E-state index contributed by atoms with van der Waals surface area (Å²) in [5, 5.41) is 3.07. The molecule has 0 unspecified atom stereocenters. The lowest BCUT2D eigenvalue weighted by Gasteiger charge is -2.31. The van der Waals surface area contributed by atoms with Crippen LogP contribution in [0.1, 0.15) is 50.2 Å². The Hall–Kier alpha value is -1.44. The summed E-state index contributed by atoms with van der Waals surface area (Å²) in [6.07, 6.45) is 4.72. The number of carbonyl (C=O) groups is 1. The molecule has 0 radical (unpaired) electrons. The maximum absolute atomic E-state index is 12.7. The molecule has 1 N–H and O–H groups in total. The molecule has 29 heavy (non-hydrogen) atoms. The van der Waals surface area contributed by atoms with E-state index in [0.29, 0.717) is 38.5 Å². The van der Waals surface area contributed by atoms with Gasteiger partial charge in [0.1, 0.15) is 0 Å². The van der Waals surface area contributed by atoms with Crippen molar-refractivity contribution in [3.63, 3.8) is 0 Å². The summed E-state index contributed by atoms with van der Waals surface area (Å²) >= 11 is 0. The van der Waals surface area contributed by atoms with Crippen LogP contribution in [0.3, 0.4) is 0 Å². The fraction of sp³-hybridized carbons (Fsp3) is 0.682. The molecular weight excluding hydrogens is 386 g/mol. The summed E-state index contributed by atoms with van der Waals surface area (Å²) in [6, 6.07) is 8.13. The van der Waals surface area contributed by atoms with Crippen molar-refractivity contribution in [1.82, 2.24) is 14.5 Å². The number of nitrogens with one attached hydrogen (secondary N) is 1. The minimum Gasteiger partial charge on any atom is -0.356 e. The van der Waals surface area contributed by atoms with Gasteiger partial charge in [-0.25, -0.2) is 12.7 Å². The van der Waals surface area contributed by atoms with Crippen LogP contribution in [0.25, 0.3) is 0 Å². The van der Waals surface area contributed by atoms with Gasteiger partial charge in [0.2, 0.25) is 15.9 Å². The number of hydrogen-bond acceptors (Lipinski definition) is 4. The first kappa shape index (κ1) is 22.2. The van der Waals surface area contributed by atoms with Crippen LogP contribution < -0.4 is 5.32 Å². The standard InChI is InChI=1S/C22H35N3O3S/c1-18-6-5-7-20(16-18)17-29(27,28)25-14-9-21(10-15-25)22(26)23-11-8-19(2)24-12-3-4-13-24/h5-7,16,19,21H,3-4,8-15,17H2,1-2H3,(H,23,26)/t19-/m1/s1. The van der Waals surface area contributed by atoms with Gasteiger partial charge in [-0.15, -0.1) is 0 Å². The van der Waals surface area contributed by atoms with E-state index in [-0.39, 0.29) is 17.6 Å². The molecule has 1 atom stereocenters. The second kappa shape index (κ2) is 10.0. The number of rotatable bonds is 8. The first-order valence-electron chi connectivity index (χ1n) is 10.9. The zero-order valence-electron chi connectivity index (χ0n) is 17.8. The van der Waals surface area contributed by atoms with Gasteiger partial charge in [0, 0.05) is 31.6 Å². The number of hydrogen-bond donors (Lipinski definition) is 1. The van der Waals surface area contributed by atoms with Crippen molar-refractivity contribution < 1.29 is 13.2 Å². The van der Waals surface area contributed by atoms with Crippen LogP contribution in [0.4, 0.5) is 0 Å². The molecule has 0 saturated carbocycles. The molecule has 0 aliphatic carbocycles. The summed E-state index contributed by atoms with van der Waals surface area (Å²) in [6.45, 7) is 8.09. The highest BCUT2D eigenvalue weighted by atomic mass is 32.2. The lowest BCUT2D eigenvalue weighted by Crippen LogP contribution is -2.44. The fourth-order valence-electron chi connectivity index (χ4n) is 4.41. The van der Waals surface area contributed by atoms with Gasteiger partial charge in [-0.3, -0.25) is 4.79 Å². The maximum atomic E-state index is 12.7. The lowest BCUT2D eigenvalue weighted by molar-refractivity contribution is -0.126. The Morgan fingerprint density at radius 1 is 1.17 bits per heavy atom. The SMILES string of the molecule is Cc1cccc(CS(=O)(=O)N2CCC(C(=O)NCC[C@@H](C)N3CCCC3)CC2)c1. The Kier molecular flexibility index (Phi) is 7.71. The van der Waals surface area contributed by atoms with Crippen molar-refractivity contribution >= 4 is 15.9 Å². The molecule has 1 amide bonds. The molecule has 2 heterocycles. The number of likely N-dealkylation sites (tertiary alicyclic amines) is 1. The number of piperidine rings is 1. The number of amides is 1. The van der Waals surface area contributed by atoms with Crippen LogP contribution in [0.15, 0.2) is 24.3 Å². The molecular formula is C22H35N3O3S. The van der Waals surface area contributed by atoms with E-state index in [1.54, 1.807) is 4.31 Å². The number of sulfonamides is 1. The van der Waals surface area contributed by atoms with Gasteiger partial charge >= 0.3 is 0 Å². The molecule has 2 aliphatic heterocycles. The van der Waals surface area contributed by atoms with Crippen molar-refractivity contribution in [1.29, 1.82) is 0 Å². The molecule has 1 aromatic rings. The van der Waals surface area contributed by atoms with Gasteiger partial charge in [-0.05, 0) is 64.6 Å². The van der Waals surface area contributed by atoms with E-state index in [1.165, 1.54) is 25.9 Å². The van der Waals surface area contributed by atoms with Crippen LogP contribution in [-0.4, -0.2) is 62.3 Å². The Labute approximate surface area is 175 Å². The fourth-order valence-corrected chi connectivity index (χ4v) is 5.96. The van der Waals surface area contributed by atoms with Gasteiger partial charge in [-0.2, -0.15) is 0 Å². The molecule has 0 bridgehead atoms. The predicted octanol–water partition coefficient (Wildman–Crippen LogP) is 2.53. The van der Waals surface area contributed by atoms with Crippen LogP contribution >= 0.6 is 0 Å². The minimum absolute atomic E-state index is 0.0277. The molecule has 1 aromatic carbocycles. The largest absolute Gasteiger partial charge is 0.356 e. The molecule has 2 saturated heterocycles. The smallest absolute Gasteiger partial charge is 0.223 e. The topological polar surface area (TPSA) is 69.7 Å². The Balaban J connectivity index is 1.41. The summed E-state index contributed by atoms with van der Waals surface area (Å²) in [5.41, 5.74) is 1.88. The zero-order valence-corrected chi connectivity index (χ0v) is 18.6. The van der Waals surface area contributed by atoms with Gasteiger partial charge in [-0.1, -0.05) is 29.8 Å². The van der Waals surface area contributed by atoms with E-state index >= 15 is 0 Å². The highest BCUT2D eigenvalue weighted by Gasteiger charge is 2.31. The first-order chi connectivity index (χ1) is 13.8. The summed E-state index contributed by atoms with van der Waals surface area (Å²) < 4.78 is 27.0. The van der Waals surface area contributed by atoms with E-state index in [1.807, 2.05) is 31.2 Å². The zero-order chi connectivity index (χ0) is 20.9. The Morgan fingerprint density at radius 2 is 1.86 bits per heavy atom. The van der Waals surface area contributed by atoms with Crippen molar-refractivity contribution in [2.24, 2.45) is 5.92 Å². The van der Waals surface area contributed by atoms with Gasteiger partial charge < -0.3 is 10.2 Å². The summed E-state index contributed by atoms with van der Waals surface area (Å²) in [7, 11) is -3.34. The average molecular weight is 422 g/mol. The third kappa shape index (κ3) is 6.27. The quantitative estimate of drug-likeness (QED) is 0.700. The first-order valence-corrected chi connectivity index (χ1v) is 12.5. The van der Waals surface area contributed by atoms with E-state index in [4.69, 9.17) is 0 Å². The molecule has 0 aromatic heterocycles. The van der Waals surface area contributed by atoms with Crippen LogP contribution in [-0.2, 0) is 20.6 Å². The van der Waals surface area contributed by atoms with Crippen molar-refractivity contribution in [2.45, 2.75) is 57.7 Å². The molecule has 3 rings (SSSR count). The van der Waals surface area contributed by atoms with Crippen LogP contribution in [0.5, 0.6) is 0 Å². The third-order valence-corrected chi connectivity index (χ3v) is 8.13. The van der Waals surface area contributed by atoms with Crippen LogP contribution in [0, 0.1) is 12.8 Å². The number of benzene rings is 1. The predicted molar refractivity (Wildman–Crippen MR) is 116 cm³/mol. The summed E-state index contributed by atoms with van der Waals surface area (Å²) in [5.74, 6) is 0.0248. The maximum Gasteiger partial charge on any atom is 0.223 e. The van der Waals surface area contributed by atoms with E-state index in [0.717, 1.165) is 17.5 Å². The molecule has 162 valence electrons. The molecule has 6 nitrogen and oxygen atoms in total. The second-order valence-corrected chi connectivity index (χ2v) is 10.6. The van der Waals surface area contributed by atoms with E-state index in [9.17, 15) is 13.2 Å². The van der Waals surface area contributed by atoms with Crippen molar-refractivity contribution in [2.75, 3.05) is 32.7 Å². The highest BCUT2D eigenvalue weighted by molar-refractivity contribution is 7.88. The van der Waals surface area contributed by atoms with Crippen LogP contribution in [0.2, 0.25) is 0 Å². The summed E-state index contributed by atoms with van der Waals surface area (Å²) in [4.78, 5) is 15.0. The molecule has 7 heteroatoms. The third-order valence-electron chi connectivity index (χ3n) is 6.28. The van der Waals surface area contributed by atoms with Gasteiger partial charge in [0.05, 0.1) is 5.75 Å². The number of nitrogens with zero attached hydrogens (tertiary/aromatic N) is 2. The molecule has 2 fully saturated rings. The van der Waals surface area contributed by atoms with E-state index < -0.39 is 10.0 Å². The van der Waals surface area contributed by atoms with Gasteiger partial charge in [0.15, 0.2) is 0 Å². The molecule has 2 aliphatic rings. The lowest BCUT2D eigenvalue weighted by atomic mass is 9.97. The second-order valence-electron chi connectivity index (χ2n) is 8.59. The monoisotopic (exact) mass is 421 g/mol. The Bertz CT molecular complexity index is 782. The van der Waals surface area contributed by atoms with Crippen molar-refractivity contribution in [3.05, 3.63) is 35.4 Å².